The molecule has 1 saturated heterocycles. The maximum Gasteiger partial charge on any atom is 0.240 e. The van der Waals surface area contributed by atoms with E-state index in [9.17, 15) is 13.2 Å². The Morgan fingerprint density at radius 3 is 2.52 bits per heavy atom. The smallest absolute Gasteiger partial charge is 0.240 e. The van der Waals surface area contributed by atoms with Crippen molar-refractivity contribution >= 4 is 33.2 Å². The molecule has 0 saturated carbocycles. The first-order valence-electron chi connectivity index (χ1n) is 9.03. The highest BCUT2D eigenvalue weighted by atomic mass is 35.5. The summed E-state index contributed by atoms with van der Waals surface area (Å²) in [6, 6.07) is 14.3. The Labute approximate surface area is 165 Å². The van der Waals surface area contributed by atoms with Crippen LogP contribution >= 0.6 is 11.6 Å². The van der Waals surface area contributed by atoms with Gasteiger partial charge in [0.25, 0.3) is 0 Å². The summed E-state index contributed by atoms with van der Waals surface area (Å²) in [5.74, 6) is 0.700. The van der Waals surface area contributed by atoms with Crippen LogP contribution in [0.4, 0.5) is 5.69 Å². The highest BCUT2D eigenvalue weighted by Crippen LogP contribution is 2.22. The molecule has 0 spiro atoms. The topological polar surface area (TPSA) is 66.5 Å². The Morgan fingerprint density at radius 1 is 1.07 bits per heavy atom. The molecule has 2 aromatic rings. The third kappa shape index (κ3) is 5.09. The first-order valence-corrected chi connectivity index (χ1v) is 11.1. The fourth-order valence-corrected chi connectivity index (χ4v) is 4.27. The van der Waals surface area contributed by atoms with Gasteiger partial charge < -0.3 is 4.90 Å². The lowest BCUT2D eigenvalue weighted by Crippen LogP contribution is -2.25. The van der Waals surface area contributed by atoms with E-state index in [4.69, 9.17) is 11.6 Å². The maximum absolute atomic E-state index is 12.5. The summed E-state index contributed by atoms with van der Waals surface area (Å²) in [6.07, 6.45) is 3.12. The number of alkyl halides is 1. The molecule has 0 unspecified atom stereocenters. The Morgan fingerprint density at radius 2 is 1.85 bits per heavy atom. The predicted octanol–water partition coefficient (Wildman–Crippen LogP) is 3.46. The van der Waals surface area contributed by atoms with Crippen molar-refractivity contribution in [1.82, 2.24) is 4.72 Å². The van der Waals surface area contributed by atoms with Crippen LogP contribution in [0.2, 0.25) is 0 Å². The highest BCUT2D eigenvalue weighted by molar-refractivity contribution is 7.89. The third-order valence-corrected chi connectivity index (χ3v) is 6.28. The zero-order chi connectivity index (χ0) is 19.3. The summed E-state index contributed by atoms with van der Waals surface area (Å²) in [6.45, 7) is 0.885. The zero-order valence-corrected chi connectivity index (χ0v) is 16.6. The molecule has 0 aliphatic carbocycles. The van der Waals surface area contributed by atoms with Crippen LogP contribution in [0.5, 0.6) is 0 Å². The van der Waals surface area contributed by atoms with Gasteiger partial charge in [-0.15, -0.1) is 11.6 Å². The number of hydrogen-bond acceptors (Lipinski definition) is 3. The molecule has 27 heavy (non-hydrogen) atoms. The van der Waals surface area contributed by atoms with Crippen LogP contribution in [-0.4, -0.2) is 26.7 Å². The van der Waals surface area contributed by atoms with Crippen molar-refractivity contribution in [1.29, 1.82) is 0 Å². The molecule has 1 N–H and O–H groups in total. The van der Waals surface area contributed by atoms with E-state index in [1.165, 1.54) is 0 Å². The second-order valence-electron chi connectivity index (χ2n) is 6.58. The van der Waals surface area contributed by atoms with Gasteiger partial charge in [-0.25, -0.2) is 13.1 Å². The van der Waals surface area contributed by atoms with Crippen molar-refractivity contribution < 1.29 is 13.2 Å². The van der Waals surface area contributed by atoms with Gasteiger partial charge in [-0.3, -0.25) is 4.79 Å². The fraction of sp³-hybridized carbons (Fsp3) is 0.350. The molecule has 1 aliphatic rings. The van der Waals surface area contributed by atoms with Gasteiger partial charge in [0.05, 0.1) is 4.90 Å². The van der Waals surface area contributed by atoms with Crippen molar-refractivity contribution in [2.45, 2.75) is 37.1 Å². The number of carbonyl (C=O) groups excluding carboxylic acids is 1. The van der Waals surface area contributed by atoms with E-state index in [0.717, 1.165) is 36.1 Å². The summed E-state index contributed by atoms with van der Waals surface area (Å²) < 4.78 is 27.7. The minimum Gasteiger partial charge on any atom is -0.312 e. The second kappa shape index (κ2) is 8.87. The molecule has 2 aromatic carbocycles. The van der Waals surface area contributed by atoms with E-state index in [1.807, 2.05) is 36.4 Å². The third-order valence-electron chi connectivity index (χ3n) is 4.59. The molecule has 1 heterocycles. The SMILES string of the molecule is O=C1CCCN1c1cccc(CNS(=O)(=O)c2ccc(CCCCl)cc2)c1. The number of anilines is 1. The molecule has 3 rings (SSSR count). The minimum absolute atomic E-state index is 0.113. The first kappa shape index (κ1) is 19.9. The zero-order valence-electron chi connectivity index (χ0n) is 15.0. The van der Waals surface area contributed by atoms with Crippen molar-refractivity contribution in [2.24, 2.45) is 0 Å². The van der Waals surface area contributed by atoms with Gasteiger partial charge in [0, 0.05) is 31.1 Å². The van der Waals surface area contributed by atoms with Crippen LogP contribution < -0.4 is 9.62 Å². The van der Waals surface area contributed by atoms with Gasteiger partial charge in [-0.05, 0) is 54.7 Å². The van der Waals surface area contributed by atoms with Gasteiger partial charge in [-0.1, -0.05) is 24.3 Å². The number of nitrogens with one attached hydrogen (secondary N) is 1. The Kier molecular flexibility index (Phi) is 6.52. The summed E-state index contributed by atoms with van der Waals surface area (Å²) in [4.78, 5) is 13.9. The Balaban J connectivity index is 1.66. The summed E-state index contributed by atoms with van der Waals surface area (Å²) in [5, 5.41) is 0. The van der Waals surface area contributed by atoms with Crippen LogP contribution in [0.3, 0.4) is 0 Å². The van der Waals surface area contributed by atoms with E-state index in [-0.39, 0.29) is 17.3 Å². The van der Waals surface area contributed by atoms with Crippen molar-refractivity contribution in [3.8, 4) is 0 Å². The van der Waals surface area contributed by atoms with Crippen LogP contribution in [0.25, 0.3) is 0 Å². The Hall–Kier alpha value is -1.89. The molecule has 1 aliphatic heterocycles. The van der Waals surface area contributed by atoms with E-state index < -0.39 is 10.0 Å². The number of aryl methyl sites for hydroxylation is 1. The van der Waals surface area contributed by atoms with Crippen molar-refractivity contribution in [3.05, 3.63) is 59.7 Å². The predicted molar refractivity (Wildman–Crippen MR) is 108 cm³/mol. The first-order chi connectivity index (χ1) is 13.0. The number of nitrogens with zero attached hydrogens (tertiary/aromatic N) is 1. The summed E-state index contributed by atoms with van der Waals surface area (Å²) in [5.41, 5.74) is 2.70. The number of amides is 1. The lowest BCUT2D eigenvalue weighted by Gasteiger charge is -2.16. The molecule has 7 heteroatoms. The monoisotopic (exact) mass is 406 g/mol. The largest absolute Gasteiger partial charge is 0.312 e. The molecular formula is C20H23ClN2O3S. The van der Waals surface area contributed by atoms with E-state index in [0.29, 0.717) is 18.8 Å². The van der Waals surface area contributed by atoms with Crippen LogP contribution in [0.15, 0.2) is 53.4 Å². The normalized spacial score (nSPS) is 14.7. The van der Waals surface area contributed by atoms with Gasteiger partial charge in [0.15, 0.2) is 0 Å². The molecule has 5 nitrogen and oxygen atoms in total. The number of benzene rings is 2. The average molecular weight is 407 g/mol. The standard InChI is InChI=1S/C20H23ClN2O3S/c21-12-2-5-16-8-10-19(11-9-16)27(25,26)22-15-17-4-1-6-18(14-17)23-13-3-7-20(23)24/h1,4,6,8-11,14,22H,2-3,5,7,12-13,15H2. The Bertz CT molecular complexity index is 898. The number of rotatable bonds is 8. The van der Waals surface area contributed by atoms with E-state index >= 15 is 0 Å². The van der Waals surface area contributed by atoms with Crippen LogP contribution in [0.1, 0.15) is 30.4 Å². The van der Waals surface area contributed by atoms with Gasteiger partial charge in [0.1, 0.15) is 0 Å². The lowest BCUT2D eigenvalue weighted by atomic mass is 10.1. The second-order valence-corrected chi connectivity index (χ2v) is 8.72. The fourth-order valence-electron chi connectivity index (χ4n) is 3.12. The molecule has 0 atom stereocenters. The maximum atomic E-state index is 12.5. The lowest BCUT2D eigenvalue weighted by molar-refractivity contribution is -0.117. The quantitative estimate of drug-likeness (QED) is 0.682. The molecule has 0 aromatic heterocycles. The number of sulfonamides is 1. The molecule has 144 valence electrons. The van der Waals surface area contributed by atoms with Crippen LogP contribution in [0, 0.1) is 0 Å². The molecule has 0 radical (unpaired) electrons. The van der Waals surface area contributed by atoms with Crippen molar-refractivity contribution in [2.75, 3.05) is 17.3 Å². The molecule has 0 bridgehead atoms. The van der Waals surface area contributed by atoms with Crippen LogP contribution in [-0.2, 0) is 27.8 Å². The molecule has 1 fully saturated rings. The van der Waals surface area contributed by atoms with E-state index in [2.05, 4.69) is 4.72 Å². The number of hydrogen-bond donors (Lipinski definition) is 1. The summed E-state index contributed by atoms with van der Waals surface area (Å²) in [7, 11) is -3.59. The van der Waals surface area contributed by atoms with Gasteiger partial charge in [-0.2, -0.15) is 0 Å². The number of halogens is 1. The molecule has 1 amide bonds. The van der Waals surface area contributed by atoms with Crippen molar-refractivity contribution in [3.63, 3.8) is 0 Å². The average Bonchev–Trinajstić information content (AvgIpc) is 3.11. The van der Waals surface area contributed by atoms with Gasteiger partial charge in [0.2, 0.25) is 15.9 Å². The summed E-state index contributed by atoms with van der Waals surface area (Å²) >= 11 is 5.69. The highest BCUT2D eigenvalue weighted by Gasteiger charge is 2.22. The molecular weight excluding hydrogens is 384 g/mol. The van der Waals surface area contributed by atoms with E-state index in [1.54, 1.807) is 17.0 Å². The minimum atomic E-state index is -3.59. The number of carbonyl (C=O) groups is 1. The van der Waals surface area contributed by atoms with Gasteiger partial charge >= 0.3 is 0 Å².